The number of hydrogen-bond donors (Lipinski definition) is 1. The van der Waals surface area contributed by atoms with Gasteiger partial charge in [0.2, 0.25) is 5.95 Å². The third-order valence-electron chi connectivity index (χ3n) is 5.74. The lowest BCUT2D eigenvalue weighted by Gasteiger charge is -2.36. The van der Waals surface area contributed by atoms with Crippen molar-refractivity contribution >= 4 is 5.95 Å². The molecule has 0 amide bonds. The number of aromatic amines is 1. The summed E-state index contributed by atoms with van der Waals surface area (Å²) in [6.07, 6.45) is 0.888. The molecule has 2 aromatic rings. The van der Waals surface area contributed by atoms with Crippen molar-refractivity contribution in [1.82, 2.24) is 14.9 Å². The van der Waals surface area contributed by atoms with E-state index >= 15 is 0 Å². The van der Waals surface area contributed by atoms with E-state index in [1.54, 1.807) is 14.2 Å². The second-order valence-electron chi connectivity index (χ2n) is 8.12. The maximum atomic E-state index is 12.7. The Bertz CT molecular complexity index is 951. The SMILES string of the molecule is COc1ccc(OC)c(CN2CCc3c(nc(N4C[C@H](C)O[C@@H](C)C4)[nH]c3=O)C2)c1. The van der Waals surface area contributed by atoms with Gasteiger partial charge in [-0.3, -0.25) is 14.7 Å². The molecule has 1 aromatic carbocycles. The Morgan fingerprint density at radius 2 is 1.97 bits per heavy atom. The minimum absolute atomic E-state index is 0.0274. The molecule has 1 aromatic heterocycles. The minimum Gasteiger partial charge on any atom is -0.497 e. The van der Waals surface area contributed by atoms with Crippen LogP contribution in [0.4, 0.5) is 5.95 Å². The molecule has 0 spiro atoms. The normalized spacial score (nSPS) is 21.9. The first kappa shape index (κ1) is 20.7. The summed E-state index contributed by atoms with van der Waals surface area (Å²) in [6, 6.07) is 5.82. The molecule has 8 nitrogen and oxygen atoms in total. The average molecular weight is 415 g/mol. The number of methoxy groups -OCH3 is 2. The second kappa shape index (κ2) is 8.65. The fourth-order valence-electron chi connectivity index (χ4n) is 4.36. The van der Waals surface area contributed by atoms with Gasteiger partial charge < -0.3 is 19.1 Å². The molecule has 1 saturated heterocycles. The van der Waals surface area contributed by atoms with E-state index in [0.717, 1.165) is 48.0 Å². The number of anilines is 1. The average Bonchev–Trinajstić information content (AvgIpc) is 2.72. The highest BCUT2D eigenvalue weighted by Gasteiger charge is 2.27. The van der Waals surface area contributed by atoms with Gasteiger partial charge in [0.1, 0.15) is 11.5 Å². The second-order valence-corrected chi connectivity index (χ2v) is 8.12. The van der Waals surface area contributed by atoms with Crippen LogP contribution in [-0.2, 0) is 24.2 Å². The summed E-state index contributed by atoms with van der Waals surface area (Å²) in [5.74, 6) is 2.27. The third-order valence-corrected chi connectivity index (χ3v) is 5.74. The van der Waals surface area contributed by atoms with E-state index in [4.69, 9.17) is 19.2 Å². The van der Waals surface area contributed by atoms with E-state index in [-0.39, 0.29) is 17.8 Å². The number of nitrogens with one attached hydrogen (secondary N) is 1. The molecule has 0 bridgehead atoms. The predicted molar refractivity (Wildman–Crippen MR) is 114 cm³/mol. The van der Waals surface area contributed by atoms with E-state index in [2.05, 4.69) is 14.8 Å². The molecule has 30 heavy (non-hydrogen) atoms. The Labute approximate surface area is 176 Å². The fourth-order valence-corrected chi connectivity index (χ4v) is 4.36. The van der Waals surface area contributed by atoms with Crippen LogP contribution < -0.4 is 19.9 Å². The number of morpholine rings is 1. The van der Waals surface area contributed by atoms with Crippen LogP contribution in [0.3, 0.4) is 0 Å². The fraction of sp³-hybridized carbons (Fsp3) is 0.545. The third kappa shape index (κ3) is 4.29. The van der Waals surface area contributed by atoms with Crippen LogP contribution >= 0.6 is 0 Å². The molecule has 1 N–H and O–H groups in total. The van der Waals surface area contributed by atoms with Crippen LogP contribution in [0.25, 0.3) is 0 Å². The smallest absolute Gasteiger partial charge is 0.255 e. The Hall–Kier alpha value is -2.58. The van der Waals surface area contributed by atoms with Crippen molar-refractivity contribution < 1.29 is 14.2 Å². The molecule has 2 atom stereocenters. The monoisotopic (exact) mass is 414 g/mol. The van der Waals surface area contributed by atoms with E-state index in [1.807, 2.05) is 32.0 Å². The van der Waals surface area contributed by atoms with Crippen LogP contribution in [0.1, 0.15) is 30.7 Å². The van der Waals surface area contributed by atoms with Crippen LogP contribution in [0.2, 0.25) is 0 Å². The molecular weight excluding hydrogens is 384 g/mol. The largest absolute Gasteiger partial charge is 0.497 e. The Morgan fingerprint density at radius 3 is 2.67 bits per heavy atom. The lowest BCUT2D eigenvalue weighted by Crippen LogP contribution is -2.47. The van der Waals surface area contributed by atoms with Crippen LogP contribution in [0, 0.1) is 0 Å². The number of benzene rings is 1. The van der Waals surface area contributed by atoms with Crippen LogP contribution in [0.5, 0.6) is 11.5 Å². The first-order valence-electron chi connectivity index (χ1n) is 10.4. The summed E-state index contributed by atoms with van der Waals surface area (Å²) in [7, 11) is 3.34. The highest BCUT2D eigenvalue weighted by molar-refractivity contribution is 5.41. The van der Waals surface area contributed by atoms with Crippen molar-refractivity contribution in [2.45, 2.75) is 45.6 Å². The molecule has 162 valence electrons. The zero-order chi connectivity index (χ0) is 21.3. The summed E-state index contributed by atoms with van der Waals surface area (Å²) >= 11 is 0. The van der Waals surface area contributed by atoms with Gasteiger partial charge in [0, 0.05) is 43.9 Å². The van der Waals surface area contributed by atoms with Gasteiger partial charge >= 0.3 is 0 Å². The molecule has 2 aliphatic rings. The summed E-state index contributed by atoms with van der Waals surface area (Å²) in [5, 5.41) is 0. The van der Waals surface area contributed by atoms with Gasteiger partial charge in [-0.1, -0.05) is 0 Å². The Morgan fingerprint density at radius 1 is 1.20 bits per heavy atom. The van der Waals surface area contributed by atoms with Gasteiger partial charge in [-0.15, -0.1) is 0 Å². The van der Waals surface area contributed by atoms with Gasteiger partial charge in [-0.05, 0) is 38.5 Å². The van der Waals surface area contributed by atoms with Crippen LogP contribution in [-0.4, -0.2) is 60.9 Å². The number of H-pyrrole nitrogens is 1. The minimum atomic E-state index is -0.0274. The maximum Gasteiger partial charge on any atom is 0.255 e. The molecule has 0 aliphatic carbocycles. The van der Waals surface area contributed by atoms with Gasteiger partial charge in [0.25, 0.3) is 5.56 Å². The number of ether oxygens (including phenoxy) is 3. The number of fused-ring (bicyclic) bond motifs is 1. The highest BCUT2D eigenvalue weighted by Crippen LogP contribution is 2.27. The van der Waals surface area contributed by atoms with Gasteiger partial charge in [-0.2, -0.15) is 0 Å². The van der Waals surface area contributed by atoms with Crippen molar-refractivity contribution in [1.29, 1.82) is 0 Å². The van der Waals surface area contributed by atoms with E-state index in [1.165, 1.54) is 0 Å². The molecule has 0 unspecified atom stereocenters. The van der Waals surface area contributed by atoms with E-state index in [9.17, 15) is 4.79 Å². The van der Waals surface area contributed by atoms with Gasteiger partial charge in [0.15, 0.2) is 0 Å². The molecule has 3 heterocycles. The molecule has 0 radical (unpaired) electrons. The zero-order valence-electron chi connectivity index (χ0n) is 18.1. The summed E-state index contributed by atoms with van der Waals surface area (Å²) in [6.45, 7) is 7.65. The standard InChI is InChI=1S/C22H30N4O4/c1-14-10-26(11-15(2)30-14)22-23-19-13-25(8-7-18(19)21(27)24-22)12-16-9-17(28-3)5-6-20(16)29-4/h5-6,9,14-15H,7-8,10-13H2,1-4H3,(H,23,24,27)/t14-,15-/m0/s1. The zero-order valence-corrected chi connectivity index (χ0v) is 18.1. The predicted octanol–water partition coefficient (Wildman–Crippen LogP) is 1.96. The van der Waals surface area contributed by atoms with E-state index < -0.39 is 0 Å². The number of nitrogens with zero attached hydrogens (tertiary/aromatic N) is 3. The van der Waals surface area contributed by atoms with Crippen molar-refractivity contribution in [3.05, 3.63) is 45.4 Å². The number of aromatic nitrogens is 2. The lowest BCUT2D eigenvalue weighted by atomic mass is 10.1. The molecule has 4 rings (SSSR count). The summed E-state index contributed by atoms with van der Waals surface area (Å²) in [5.41, 5.74) is 2.68. The lowest BCUT2D eigenvalue weighted by molar-refractivity contribution is -0.00576. The van der Waals surface area contributed by atoms with Crippen molar-refractivity contribution in [3.8, 4) is 11.5 Å². The van der Waals surface area contributed by atoms with Gasteiger partial charge in [0.05, 0.1) is 32.1 Å². The first-order valence-corrected chi connectivity index (χ1v) is 10.4. The molecule has 0 saturated carbocycles. The molecule has 8 heteroatoms. The summed E-state index contributed by atoms with van der Waals surface area (Å²) < 4.78 is 16.7. The van der Waals surface area contributed by atoms with Crippen LogP contribution in [0.15, 0.2) is 23.0 Å². The first-order chi connectivity index (χ1) is 14.5. The molecular formula is C22H30N4O4. The number of hydrogen-bond acceptors (Lipinski definition) is 7. The molecule has 2 aliphatic heterocycles. The Balaban J connectivity index is 1.56. The summed E-state index contributed by atoms with van der Waals surface area (Å²) in [4.78, 5) is 25.0. The Kier molecular flexibility index (Phi) is 5.97. The topological polar surface area (TPSA) is 79.9 Å². The van der Waals surface area contributed by atoms with Gasteiger partial charge in [-0.25, -0.2) is 4.98 Å². The number of rotatable bonds is 5. The van der Waals surface area contributed by atoms with Crippen molar-refractivity contribution in [3.63, 3.8) is 0 Å². The van der Waals surface area contributed by atoms with E-state index in [0.29, 0.717) is 25.5 Å². The van der Waals surface area contributed by atoms with Crippen molar-refractivity contribution in [2.75, 3.05) is 38.8 Å². The quantitative estimate of drug-likeness (QED) is 0.801. The van der Waals surface area contributed by atoms with Crippen molar-refractivity contribution in [2.24, 2.45) is 0 Å². The highest BCUT2D eigenvalue weighted by atomic mass is 16.5. The maximum absolute atomic E-state index is 12.7. The molecule has 1 fully saturated rings.